The molecule has 0 aliphatic heterocycles. The number of hydrogen-bond donors (Lipinski definition) is 2. The topological polar surface area (TPSA) is 84.0 Å². The summed E-state index contributed by atoms with van der Waals surface area (Å²) in [6, 6.07) is 0.667. The van der Waals surface area contributed by atoms with E-state index >= 15 is 0 Å². The molecule has 150 valence electrons. The number of hydrogen-bond acceptors (Lipinski definition) is 7. The van der Waals surface area contributed by atoms with Crippen LogP contribution in [0, 0.1) is 0 Å². The molecule has 9 heteroatoms. The summed E-state index contributed by atoms with van der Waals surface area (Å²) < 4.78 is 1.55. The molecule has 0 aromatic carbocycles. The number of nitrogens with zero attached hydrogens (tertiary/aromatic N) is 2. The lowest BCUT2D eigenvalue weighted by atomic mass is 10.2. The Bertz CT molecular complexity index is 590. The van der Waals surface area contributed by atoms with Crippen molar-refractivity contribution in [2.75, 3.05) is 0 Å². The van der Waals surface area contributed by atoms with Gasteiger partial charge in [-0.2, -0.15) is 0 Å². The van der Waals surface area contributed by atoms with Crippen LogP contribution in [0.25, 0.3) is 0 Å². The fourth-order valence-corrected chi connectivity index (χ4v) is 6.81. The molecule has 1 heterocycles. The molecule has 27 heavy (non-hydrogen) atoms. The van der Waals surface area contributed by atoms with Gasteiger partial charge in [-0.1, -0.05) is 60.5 Å². The molecule has 0 spiro atoms. The van der Waals surface area contributed by atoms with Crippen molar-refractivity contribution in [1.29, 1.82) is 0 Å². The zero-order valence-corrected chi connectivity index (χ0v) is 18.4. The fraction of sp³-hybridized carbons (Fsp3) is 0.778. The Balaban J connectivity index is 1.44. The molecule has 2 amide bonds. The molecule has 0 unspecified atom stereocenters. The van der Waals surface area contributed by atoms with E-state index in [4.69, 9.17) is 0 Å². The quantitative estimate of drug-likeness (QED) is 0.615. The molecule has 3 rings (SSSR count). The molecule has 0 bridgehead atoms. The first-order valence-corrected chi connectivity index (χ1v) is 12.4. The van der Waals surface area contributed by atoms with Gasteiger partial charge in [-0.25, -0.2) is 0 Å². The molecule has 2 fully saturated rings. The molecule has 2 N–H and O–H groups in total. The minimum atomic E-state index is -0.195. The average molecular weight is 429 g/mol. The van der Waals surface area contributed by atoms with E-state index in [0.717, 1.165) is 34.4 Å². The van der Waals surface area contributed by atoms with Crippen LogP contribution in [0.3, 0.4) is 0 Å². The SMILES string of the molecule is C[C@H](Sc1nnc(S[C@H](C)C(=O)NC2CCCC2)s1)C(=O)NC1CCCC1. The highest BCUT2D eigenvalue weighted by molar-refractivity contribution is 8.04. The van der Waals surface area contributed by atoms with Crippen LogP contribution in [0.15, 0.2) is 8.68 Å². The molecule has 1 aromatic rings. The van der Waals surface area contributed by atoms with Gasteiger partial charge >= 0.3 is 0 Å². The predicted molar refractivity (Wildman–Crippen MR) is 111 cm³/mol. The van der Waals surface area contributed by atoms with E-state index in [1.807, 2.05) is 13.8 Å². The first-order chi connectivity index (χ1) is 13.0. The molecule has 6 nitrogen and oxygen atoms in total. The van der Waals surface area contributed by atoms with Crippen molar-refractivity contribution in [3.05, 3.63) is 0 Å². The van der Waals surface area contributed by atoms with E-state index in [1.54, 1.807) is 0 Å². The average Bonchev–Trinajstić information content (AvgIpc) is 3.38. The minimum Gasteiger partial charge on any atom is -0.352 e. The lowest BCUT2D eigenvalue weighted by Crippen LogP contribution is -2.37. The number of carbonyl (C=O) groups is 2. The first-order valence-electron chi connectivity index (χ1n) is 9.79. The maximum absolute atomic E-state index is 12.3. The second kappa shape index (κ2) is 10.1. The normalized spacial score (nSPS) is 20.5. The Kier molecular flexibility index (Phi) is 7.84. The van der Waals surface area contributed by atoms with Crippen LogP contribution in [0.1, 0.15) is 65.2 Å². The van der Waals surface area contributed by atoms with Gasteiger partial charge in [-0.05, 0) is 39.5 Å². The van der Waals surface area contributed by atoms with Crippen LogP contribution >= 0.6 is 34.9 Å². The standard InChI is InChI=1S/C18H28N4O2S3/c1-11(15(23)19-13-7-3-4-8-13)25-17-21-22-18(27-17)26-12(2)16(24)20-14-9-5-6-10-14/h11-14H,3-10H2,1-2H3,(H,19,23)(H,20,24)/t11-,12+. The van der Waals surface area contributed by atoms with Crippen LogP contribution < -0.4 is 10.6 Å². The second-order valence-corrected chi connectivity index (χ2v) is 11.5. The van der Waals surface area contributed by atoms with Gasteiger partial charge < -0.3 is 10.6 Å². The minimum absolute atomic E-state index is 0.0700. The second-order valence-electron chi connectivity index (χ2n) is 7.33. The summed E-state index contributed by atoms with van der Waals surface area (Å²) in [7, 11) is 0. The molecule has 2 saturated carbocycles. The van der Waals surface area contributed by atoms with Crippen LogP contribution in [0.5, 0.6) is 0 Å². The summed E-state index contributed by atoms with van der Waals surface area (Å²) in [5.74, 6) is 0.140. The van der Waals surface area contributed by atoms with Crippen molar-refractivity contribution < 1.29 is 9.59 Å². The van der Waals surface area contributed by atoms with Gasteiger partial charge in [0, 0.05) is 12.1 Å². The van der Waals surface area contributed by atoms with Gasteiger partial charge in [-0.3, -0.25) is 9.59 Å². The van der Waals surface area contributed by atoms with Crippen LogP contribution in [0.2, 0.25) is 0 Å². The molecule has 2 aliphatic rings. The molecule has 0 radical (unpaired) electrons. The monoisotopic (exact) mass is 428 g/mol. The van der Waals surface area contributed by atoms with Crippen molar-refractivity contribution in [2.24, 2.45) is 0 Å². The third-order valence-electron chi connectivity index (χ3n) is 5.08. The number of thioether (sulfide) groups is 2. The predicted octanol–water partition coefficient (Wildman–Crippen LogP) is 3.62. The first kappa shape index (κ1) is 20.9. The Morgan fingerprint density at radius 2 is 1.22 bits per heavy atom. The number of nitrogens with one attached hydrogen (secondary N) is 2. The lowest BCUT2D eigenvalue weighted by Gasteiger charge is -2.15. The smallest absolute Gasteiger partial charge is 0.233 e. The molecule has 2 aliphatic carbocycles. The summed E-state index contributed by atoms with van der Waals surface area (Å²) in [5.41, 5.74) is 0. The van der Waals surface area contributed by atoms with Gasteiger partial charge in [0.1, 0.15) is 0 Å². The van der Waals surface area contributed by atoms with Gasteiger partial charge in [-0.15, -0.1) is 10.2 Å². The van der Waals surface area contributed by atoms with Crippen LogP contribution in [0.4, 0.5) is 0 Å². The lowest BCUT2D eigenvalue weighted by molar-refractivity contribution is -0.121. The number of rotatable bonds is 8. The number of carbonyl (C=O) groups excluding carboxylic acids is 2. The Hall–Kier alpha value is -0.800. The largest absolute Gasteiger partial charge is 0.352 e. The van der Waals surface area contributed by atoms with E-state index in [0.29, 0.717) is 12.1 Å². The van der Waals surface area contributed by atoms with Crippen LogP contribution in [-0.2, 0) is 9.59 Å². The third kappa shape index (κ3) is 6.35. The van der Waals surface area contributed by atoms with Crippen LogP contribution in [-0.4, -0.2) is 44.6 Å². The zero-order chi connectivity index (χ0) is 19.2. The Morgan fingerprint density at radius 1 is 0.852 bits per heavy atom. The summed E-state index contributed by atoms with van der Waals surface area (Å²) in [5, 5.41) is 14.2. The van der Waals surface area contributed by atoms with E-state index < -0.39 is 0 Å². The van der Waals surface area contributed by atoms with Gasteiger partial charge in [0.25, 0.3) is 0 Å². The van der Waals surface area contributed by atoms with E-state index in [1.165, 1.54) is 60.5 Å². The van der Waals surface area contributed by atoms with Gasteiger partial charge in [0.2, 0.25) is 11.8 Å². The molecular formula is C18H28N4O2S3. The summed E-state index contributed by atoms with van der Waals surface area (Å²) >= 11 is 4.33. The highest BCUT2D eigenvalue weighted by Gasteiger charge is 2.24. The number of amides is 2. The Morgan fingerprint density at radius 3 is 1.59 bits per heavy atom. The van der Waals surface area contributed by atoms with E-state index in [9.17, 15) is 9.59 Å². The van der Waals surface area contributed by atoms with Gasteiger partial charge in [0.05, 0.1) is 10.5 Å². The third-order valence-corrected chi connectivity index (χ3v) is 8.38. The van der Waals surface area contributed by atoms with Crippen molar-refractivity contribution in [1.82, 2.24) is 20.8 Å². The molecule has 1 aromatic heterocycles. The van der Waals surface area contributed by atoms with Crippen molar-refractivity contribution in [2.45, 2.75) is 96.5 Å². The van der Waals surface area contributed by atoms with E-state index in [-0.39, 0.29) is 22.3 Å². The molecular weight excluding hydrogens is 400 g/mol. The van der Waals surface area contributed by atoms with Gasteiger partial charge in [0.15, 0.2) is 8.68 Å². The highest BCUT2D eigenvalue weighted by atomic mass is 32.2. The number of aromatic nitrogens is 2. The maximum atomic E-state index is 12.3. The van der Waals surface area contributed by atoms with Crippen molar-refractivity contribution in [3.63, 3.8) is 0 Å². The molecule has 0 saturated heterocycles. The zero-order valence-electron chi connectivity index (χ0n) is 15.9. The summed E-state index contributed by atoms with van der Waals surface area (Å²) in [4.78, 5) is 24.6. The fourth-order valence-electron chi connectivity index (χ4n) is 3.48. The summed E-state index contributed by atoms with van der Waals surface area (Å²) in [6.07, 6.45) is 9.16. The highest BCUT2D eigenvalue weighted by Crippen LogP contribution is 2.33. The van der Waals surface area contributed by atoms with Crippen molar-refractivity contribution >= 4 is 46.7 Å². The summed E-state index contributed by atoms with van der Waals surface area (Å²) in [6.45, 7) is 3.81. The van der Waals surface area contributed by atoms with Crippen molar-refractivity contribution in [3.8, 4) is 0 Å². The van der Waals surface area contributed by atoms with E-state index in [2.05, 4.69) is 20.8 Å². The molecule has 2 atom stereocenters. The Labute approximate surface area is 173 Å². The maximum Gasteiger partial charge on any atom is 0.233 e.